The number of hydrogen-bond acceptors (Lipinski definition) is 2. The lowest BCUT2D eigenvalue weighted by molar-refractivity contribution is -0.0574. The van der Waals surface area contributed by atoms with Crippen LogP contribution in [0.5, 0.6) is 0 Å². The largest absolute Gasteiger partial charge is 0.372 e. The van der Waals surface area contributed by atoms with Gasteiger partial charge in [-0.15, -0.1) is 0 Å². The number of hydrogen-bond donors (Lipinski definition) is 0. The van der Waals surface area contributed by atoms with Crippen molar-refractivity contribution < 1.29 is 4.74 Å². The molecule has 0 radical (unpaired) electrons. The zero-order chi connectivity index (χ0) is 7.56. The zero-order valence-electron chi connectivity index (χ0n) is 6.51. The molecule has 0 bridgehead atoms. The molecular weight excluding hydrogens is 194 g/mol. The third-order valence-electron chi connectivity index (χ3n) is 1.68. The summed E-state index contributed by atoms with van der Waals surface area (Å²) in [4.78, 5) is 2.31. The van der Waals surface area contributed by atoms with Gasteiger partial charge in [-0.1, -0.05) is 15.9 Å². The van der Waals surface area contributed by atoms with Gasteiger partial charge in [-0.3, -0.25) is 0 Å². The summed E-state index contributed by atoms with van der Waals surface area (Å²) in [6.07, 6.45) is 0.773. The highest BCUT2D eigenvalue weighted by Gasteiger charge is 2.21. The molecule has 2 unspecified atom stereocenters. The van der Waals surface area contributed by atoms with Crippen LogP contribution in [0.2, 0.25) is 0 Å². The third kappa shape index (κ3) is 2.22. The van der Waals surface area contributed by atoms with Crippen molar-refractivity contribution in [2.75, 3.05) is 25.5 Å². The van der Waals surface area contributed by atoms with Crippen LogP contribution in [0.3, 0.4) is 0 Å². The van der Waals surface area contributed by atoms with E-state index in [1.807, 2.05) is 0 Å². The lowest BCUT2D eigenvalue weighted by atomic mass is 10.2. The van der Waals surface area contributed by atoms with Gasteiger partial charge < -0.3 is 9.64 Å². The Morgan fingerprint density at radius 2 is 2.30 bits per heavy atom. The summed E-state index contributed by atoms with van der Waals surface area (Å²) in [5, 5.41) is 0.946. The molecule has 1 saturated heterocycles. The van der Waals surface area contributed by atoms with Gasteiger partial charge in [0.25, 0.3) is 0 Å². The molecule has 1 fully saturated rings. The number of morpholine rings is 1. The molecule has 2 nitrogen and oxygen atoms in total. The minimum absolute atomic E-state index is 0.383. The molecule has 1 heterocycles. The fourth-order valence-corrected chi connectivity index (χ4v) is 1.72. The van der Waals surface area contributed by atoms with Gasteiger partial charge in [0.05, 0.1) is 12.2 Å². The van der Waals surface area contributed by atoms with E-state index in [4.69, 9.17) is 4.74 Å². The molecule has 2 atom stereocenters. The van der Waals surface area contributed by atoms with E-state index in [1.54, 1.807) is 0 Å². The van der Waals surface area contributed by atoms with Gasteiger partial charge >= 0.3 is 0 Å². The van der Waals surface area contributed by atoms with Gasteiger partial charge in [0.2, 0.25) is 0 Å². The average Bonchev–Trinajstić information content (AvgIpc) is 1.85. The Labute approximate surface area is 70.7 Å². The number of likely N-dealkylation sites (N-methyl/N-ethyl adjacent to an activating group) is 1. The van der Waals surface area contributed by atoms with Crippen molar-refractivity contribution in [3.8, 4) is 0 Å². The van der Waals surface area contributed by atoms with Crippen molar-refractivity contribution in [1.29, 1.82) is 0 Å². The van der Waals surface area contributed by atoms with E-state index in [-0.39, 0.29) is 0 Å². The van der Waals surface area contributed by atoms with Crippen molar-refractivity contribution in [3.05, 3.63) is 0 Å². The van der Waals surface area contributed by atoms with E-state index in [0.29, 0.717) is 12.2 Å². The van der Waals surface area contributed by atoms with Gasteiger partial charge in [-0.05, 0) is 14.0 Å². The topological polar surface area (TPSA) is 12.5 Å². The molecule has 1 aliphatic rings. The standard InChI is InChI=1S/C7H14BrNO/c1-6-4-9(2)5-7(3-8)10-6/h6-7H,3-5H2,1-2H3. The molecule has 0 saturated carbocycles. The first kappa shape index (κ1) is 8.50. The van der Waals surface area contributed by atoms with Crippen LogP contribution < -0.4 is 0 Å². The predicted molar refractivity (Wildman–Crippen MR) is 45.6 cm³/mol. The van der Waals surface area contributed by atoms with Crippen LogP contribution in [0.15, 0.2) is 0 Å². The Kier molecular flexibility index (Phi) is 3.14. The second-order valence-electron chi connectivity index (χ2n) is 2.94. The van der Waals surface area contributed by atoms with Crippen LogP contribution >= 0.6 is 15.9 Å². The highest BCUT2D eigenvalue weighted by atomic mass is 79.9. The molecule has 0 aromatic rings. The van der Waals surface area contributed by atoms with E-state index in [9.17, 15) is 0 Å². The normalized spacial score (nSPS) is 36.3. The molecule has 0 spiro atoms. The molecule has 1 aliphatic heterocycles. The molecule has 3 heteroatoms. The van der Waals surface area contributed by atoms with E-state index in [1.165, 1.54) is 0 Å². The highest BCUT2D eigenvalue weighted by Crippen LogP contribution is 2.10. The van der Waals surface area contributed by atoms with Crippen molar-refractivity contribution in [2.45, 2.75) is 19.1 Å². The molecule has 60 valence electrons. The molecule has 0 aliphatic carbocycles. The van der Waals surface area contributed by atoms with E-state index in [0.717, 1.165) is 18.4 Å². The van der Waals surface area contributed by atoms with Crippen molar-refractivity contribution in [3.63, 3.8) is 0 Å². The van der Waals surface area contributed by atoms with Crippen molar-refractivity contribution in [1.82, 2.24) is 4.90 Å². The van der Waals surface area contributed by atoms with E-state index >= 15 is 0 Å². The van der Waals surface area contributed by atoms with Crippen LogP contribution in [0, 0.1) is 0 Å². The maximum absolute atomic E-state index is 5.62. The van der Waals surface area contributed by atoms with Gasteiger partial charge in [0.1, 0.15) is 0 Å². The molecule has 10 heavy (non-hydrogen) atoms. The minimum Gasteiger partial charge on any atom is -0.372 e. The quantitative estimate of drug-likeness (QED) is 0.598. The fraction of sp³-hybridized carbons (Fsp3) is 1.00. The number of ether oxygens (including phenoxy) is 1. The van der Waals surface area contributed by atoms with Crippen LogP contribution in [0.25, 0.3) is 0 Å². The van der Waals surface area contributed by atoms with Crippen molar-refractivity contribution >= 4 is 15.9 Å². The van der Waals surface area contributed by atoms with Crippen LogP contribution in [-0.2, 0) is 4.74 Å². The van der Waals surface area contributed by atoms with Gasteiger partial charge in [0.15, 0.2) is 0 Å². The van der Waals surface area contributed by atoms with Crippen LogP contribution in [0.4, 0.5) is 0 Å². The summed E-state index contributed by atoms with van der Waals surface area (Å²) in [5.74, 6) is 0. The van der Waals surface area contributed by atoms with Gasteiger partial charge in [-0.2, -0.15) is 0 Å². The van der Waals surface area contributed by atoms with Crippen LogP contribution in [0.1, 0.15) is 6.92 Å². The first-order valence-electron chi connectivity index (χ1n) is 3.62. The SMILES string of the molecule is CC1CN(C)CC(CBr)O1. The Bertz CT molecular complexity index is 99.8. The monoisotopic (exact) mass is 207 g/mol. The molecule has 0 aromatic carbocycles. The summed E-state index contributed by atoms with van der Waals surface area (Å²) >= 11 is 3.41. The van der Waals surface area contributed by atoms with E-state index in [2.05, 4.69) is 34.8 Å². The zero-order valence-corrected chi connectivity index (χ0v) is 8.10. The lowest BCUT2D eigenvalue weighted by Crippen LogP contribution is -2.45. The summed E-state index contributed by atoms with van der Waals surface area (Å²) < 4.78 is 5.62. The second kappa shape index (κ2) is 3.69. The molecule has 0 N–H and O–H groups in total. The average molecular weight is 208 g/mol. The summed E-state index contributed by atoms with van der Waals surface area (Å²) in [6, 6.07) is 0. The number of halogens is 1. The summed E-state index contributed by atoms with van der Waals surface area (Å²) in [5.41, 5.74) is 0. The molecule has 0 amide bonds. The molecule has 0 aromatic heterocycles. The highest BCUT2D eigenvalue weighted by molar-refractivity contribution is 9.09. The maximum atomic E-state index is 5.62. The second-order valence-corrected chi connectivity index (χ2v) is 3.59. The first-order chi connectivity index (χ1) is 4.72. The molecular formula is C7H14BrNO. The van der Waals surface area contributed by atoms with E-state index < -0.39 is 0 Å². The van der Waals surface area contributed by atoms with Gasteiger partial charge in [-0.25, -0.2) is 0 Å². The predicted octanol–water partition coefficient (Wildman–Crippen LogP) is 1.10. The van der Waals surface area contributed by atoms with Crippen molar-refractivity contribution in [2.24, 2.45) is 0 Å². The third-order valence-corrected chi connectivity index (χ3v) is 2.40. The van der Waals surface area contributed by atoms with Gasteiger partial charge in [0, 0.05) is 18.4 Å². The minimum atomic E-state index is 0.383. The Balaban J connectivity index is 2.35. The number of alkyl halides is 1. The molecule has 1 rings (SSSR count). The fourth-order valence-electron chi connectivity index (χ4n) is 1.36. The first-order valence-corrected chi connectivity index (χ1v) is 4.74. The number of rotatable bonds is 1. The Hall–Kier alpha value is 0.400. The Morgan fingerprint density at radius 1 is 1.60 bits per heavy atom. The Morgan fingerprint density at radius 3 is 2.80 bits per heavy atom. The summed E-state index contributed by atoms with van der Waals surface area (Å²) in [7, 11) is 2.13. The number of nitrogens with zero attached hydrogens (tertiary/aromatic N) is 1. The smallest absolute Gasteiger partial charge is 0.0802 e. The summed E-state index contributed by atoms with van der Waals surface area (Å²) in [6.45, 7) is 4.23. The maximum Gasteiger partial charge on any atom is 0.0802 e. The lowest BCUT2D eigenvalue weighted by Gasteiger charge is -2.33. The van der Waals surface area contributed by atoms with Crippen LogP contribution in [-0.4, -0.2) is 42.6 Å².